The number of carbonyl (C=O) groups excluding carboxylic acids is 2. The summed E-state index contributed by atoms with van der Waals surface area (Å²) in [6, 6.07) is 9.74. The number of hydrogen-bond donors (Lipinski definition) is 0. The van der Waals surface area contributed by atoms with Crippen LogP contribution < -0.4 is 0 Å². The first-order chi connectivity index (χ1) is 11.6. The lowest BCUT2D eigenvalue weighted by atomic mass is 10.1. The van der Waals surface area contributed by atoms with Crippen molar-refractivity contribution >= 4 is 11.7 Å². The van der Waals surface area contributed by atoms with Gasteiger partial charge in [0.15, 0.2) is 5.78 Å². The van der Waals surface area contributed by atoms with Crippen molar-refractivity contribution in [2.75, 3.05) is 13.2 Å². The minimum atomic E-state index is -0.329. The van der Waals surface area contributed by atoms with E-state index in [0.29, 0.717) is 19.6 Å². The van der Waals surface area contributed by atoms with Crippen molar-refractivity contribution in [3.05, 3.63) is 35.9 Å². The predicted octanol–water partition coefficient (Wildman–Crippen LogP) is 2.33. The number of Topliss-reactive ketones (excluding diaryl/α,β-unsaturated/α-hetero) is 1. The zero-order valence-electron chi connectivity index (χ0n) is 14.1. The maximum atomic E-state index is 12.4. The summed E-state index contributed by atoms with van der Waals surface area (Å²) < 4.78 is 11.2. The third kappa shape index (κ3) is 4.02. The van der Waals surface area contributed by atoms with Crippen LogP contribution in [-0.4, -0.2) is 48.0 Å². The normalized spacial score (nSPS) is 24.2. The Morgan fingerprint density at radius 1 is 1.38 bits per heavy atom. The number of ether oxygens (including phenoxy) is 2. The SMILES string of the molecule is CC(CCCC(=O)N1CCC2OCC(=O)C21)OCc1ccccc1. The second-order valence-corrected chi connectivity index (χ2v) is 6.64. The van der Waals surface area contributed by atoms with E-state index in [-0.39, 0.29) is 36.5 Å². The highest BCUT2D eigenvalue weighted by Crippen LogP contribution is 2.27. The molecule has 3 atom stereocenters. The largest absolute Gasteiger partial charge is 0.374 e. The van der Waals surface area contributed by atoms with Crippen LogP contribution in [0.3, 0.4) is 0 Å². The van der Waals surface area contributed by atoms with Gasteiger partial charge in [0.05, 0.1) is 18.8 Å². The van der Waals surface area contributed by atoms with Crippen LogP contribution >= 0.6 is 0 Å². The summed E-state index contributed by atoms with van der Waals surface area (Å²) in [5.74, 6) is 0.113. The average Bonchev–Trinajstić information content (AvgIpc) is 3.17. The summed E-state index contributed by atoms with van der Waals surface area (Å²) >= 11 is 0. The average molecular weight is 331 g/mol. The molecule has 2 aliphatic rings. The quantitative estimate of drug-likeness (QED) is 0.769. The molecule has 0 bridgehead atoms. The van der Waals surface area contributed by atoms with Crippen LogP contribution in [0.5, 0.6) is 0 Å². The summed E-state index contributed by atoms with van der Waals surface area (Å²) in [5, 5.41) is 0. The Kier molecular flexibility index (Phi) is 5.63. The lowest BCUT2D eigenvalue weighted by Gasteiger charge is -2.22. The maximum absolute atomic E-state index is 12.4. The van der Waals surface area contributed by atoms with Crippen LogP contribution in [0.25, 0.3) is 0 Å². The highest BCUT2D eigenvalue weighted by atomic mass is 16.5. The topological polar surface area (TPSA) is 55.8 Å². The summed E-state index contributed by atoms with van der Waals surface area (Å²) in [5.41, 5.74) is 1.16. The monoisotopic (exact) mass is 331 g/mol. The number of benzene rings is 1. The van der Waals surface area contributed by atoms with Gasteiger partial charge < -0.3 is 14.4 Å². The second kappa shape index (κ2) is 7.90. The van der Waals surface area contributed by atoms with Crippen LogP contribution in [0.1, 0.15) is 38.2 Å². The zero-order chi connectivity index (χ0) is 16.9. The lowest BCUT2D eigenvalue weighted by molar-refractivity contribution is -0.136. The van der Waals surface area contributed by atoms with Gasteiger partial charge in [-0.25, -0.2) is 0 Å². The van der Waals surface area contributed by atoms with Gasteiger partial charge in [0.2, 0.25) is 5.91 Å². The number of rotatable bonds is 7. The molecule has 1 amide bonds. The molecular formula is C19H25NO4. The van der Waals surface area contributed by atoms with Crippen molar-refractivity contribution in [1.82, 2.24) is 4.90 Å². The van der Waals surface area contributed by atoms with Gasteiger partial charge in [-0.1, -0.05) is 30.3 Å². The van der Waals surface area contributed by atoms with Crippen molar-refractivity contribution in [1.29, 1.82) is 0 Å². The molecule has 2 heterocycles. The van der Waals surface area contributed by atoms with E-state index >= 15 is 0 Å². The summed E-state index contributed by atoms with van der Waals surface area (Å²) in [4.78, 5) is 25.9. The first kappa shape index (κ1) is 17.1. The standard InChI is InChI=1S/C19H25NO4/c1-14(23-12-15-7-3-2-4-8-15)6-5-9-18(22)20-11-10-17-19(20)16(21)13-24-17/h2-4,7-8,14,17,19H,5-6,9-13H2,1H3. The minimum Gasteiger partial charge on any atom is -0.374 e. The fourth-order valence-electron chi connectivity index (χ4n) is 3.45. The van der Waals surface area contributed by atoms with E-state index in [9.17, 15) is 9.59 Å². The molecule has 0 aromatic heterocycles. The number of amides is 1. The molecule has 2 fully saturated rings. The lowest BCUT2D eigenvalue weighted by Crippen LogP contribution is -2.41. The number of likely N-dealkylation sites (tertiary alicyclic amines) is 1. The fraction of sp³-hybridized carbons (Fsp3) is 0.579. The van der Waals surface area contributed by atoms with E-state index in [1.807, 2.05) is 37.3 Å². The molecule has 3 unspecified atom stereocenters. The van der Waals surface area contributed by atoms with Gasteiger partial charge in [0, 0.05) is 13.0 Å². The third-order valence-corrected chi connectivity index (χ3v) is 4.81. The molecule has 0 radical (unpaired) electrons. The van der Waals surface area contributed by atoms with E-state index < -0.39 is 0 Å². The summed E-state index contributed by atoms with van der Waals surface area (Å²) in [6.45, 7) is 3.43. The Morgan fingerprint density at radius 2 is 2.17 bits per heavy atom. The molecule has 2 aliphatic heterocycles. The molecule has 0 saturated carbocycles. The maximum Gasteiger partial charge on any atom is 0.223 e. The number of carbonyl (C=O) groups is 2. The Bertz CT molecular complexity index is 574. The van der Waals surface area contributed by atoms with Gasteiger partial charge in [-0.05, 0) is 31.7 Å². The molecule has 1 aromatic carbocycles. The molecule has 3 rings (SSSR count). The van der Waals surface area contributed by atoms with Gasteiger partial charge in [-0.2, -0.15) is 0 Å². The summed E-state index contributed by atoms with van der Waals surface area (Å²) in [7, 11) is 0. The highest BCUT2D eigenvalue weighted by Gasteiger charge is 2.46. The Hall–Kier alpha value is -1.72. The van der Waals surface area contributed by atoms with Crippen molar-refractivity contribution < 1.29 is 19.1 Å². The fourth-order valence-corrected chi connectivity index (χ4v) is 3.45. The molecule has 0 aliphatic carbocycles. The van der Waals surface area contributed by atoms with Crippen LogP contribution in [0.4, 0.5) is 0 Å². The Morgan fingerprint density at radius 3 is 2.96 bits per heavy atom. The number of ketones is 1. The van der Waals surface area contributed by atoms with E-state index in [0.717, 1.165) is 24.8 Å². The first-order valence-electron chi connectivity index (χ1n) is 8.74. The van der Waals surface area contributed by atoms with Crippen LogP contribution in [0, 0.1) is 0 Å². The smallest absolute Gasteiger partial charge is 0.223 e. The minimum absolute atomic E-state index is 0.0467. The van der Waals surface area contributed by atoms with Gasteiger partial charge in [-0.15, -0.1) is 0 Å². The molecule has 5 nitrogen and oxygen atoms in total. The molecule has 130 valence electrons. The molecule has 1 aromatic rings. The van der Waals surface area contributed by atoms with Crippen LogP contribution in [0.15, 0.2) is 30.3 Å². The Labute approximate surface area is 142 Å². The van der Waals surface area contributed by atoms with E-state index in [1.54, 1.807) is 4.90 Å². The second-order valence-electron chi connectivity index (χ2n) is 6.64. The number of nitrogens with zero attached hydrogens (tertiary/aromatic N) is 1. The molecule has 0 N–H and O–H groups in total. The van der Waals surface area contributed by atoms with E-state index in [2.05, 4.69) is 0 Å². The molecule has 2 saturated heterocycles. The van der Waals surface area contributed by atoms with Crippen LogP contribution in [-0.2, 0) is 25.7 Å². The number of fused-ring (bicyclic) bond motifs is 1. The Balaban J connectivity index is 1.37. The molecule has 5 heteroatoms. The van der Waals surface area contributed by atoms with E-state index in [4.69, 9.17) is 9.47 Å². The first-order valence-corrected chi connectivity index (χ1v) is 8.74. The van der Waals surface area contributed by atoms with Crippen molar-refractivity contribution in [3.63, 3.8) is 0 Å². The van der Waals surface area contributed by atoms with Gasteiger partial charge >= 0.3 is 0 Å². The van der Waals surface area contributed by atoms with E-state index in [1.165, 1.54) is 0 Å². The van der Waals surface area contributed by atoms with Gasteiger partial charge in [0.1, 0.15) is 12.6 Å². The van der Waals surface area contributed by atoms with Gasteiger partial charge in [0.25, 0.3) is 0 Å². The highest BCUT2D eigenvalue weighted by molar-refractivity contribution is 5.92. The summed E-state index contributed by atoms with van der Waals surface area (Å²) in [6.07, 6.45) is 2.90. The van der Waals surface area contributed by atoms with Crippen LogP contribution in [0.2, 0.25) is 0 Å². The predicted molar refractivity (Wildman–Crippen MR) is 89.4 cm³/mol. The van der Waals surface area contributed by atoms with Crippen molar-refractivity contribution in [3.8, 4) is 0 Å². The third-order valence-electron chi connectivity index (χ3n) is 4.81. The van der Waals surface area contributed by atoms with Crippen molar-refractivity contribution in [2.45, 2.75) is 57.5 Å². The molecule has 0 spiro atoms. The zero-order valence-corrected chi connectivity index (χ0v) is 14.1. The molecule has 24 heavy (non-hydrogen) atoms. The molecular weight excluding hydrogens is 306 g/mol. The van der Waals surface area contributed by atoms with Crippen molar-refractivity contribution in [2.24, 2.45) is 0 Å². The number of hydrogen-bond acceptors (Lipinski definition) is 4. The van der Waals surface area contributed by atoms with Gasteiger partial charge in [-0.3, -0.25) is 9.59 Å².